The van der Waals surface area contributed by atoms with Gasteiger partial charge in [-0.1, -0.05) is 36.4 Å². The molecule has 0 aliphatic rings. The quantitative estimate of drug-likeness (QED) is 0.528. The Balaban J connectivity index is 0.000000890. The fraction of sp³-hybridized carbons (Fsp3) is 0.208. The molecule has 0 aliphatic carbocycles. The normalized spacial score (nSPS) is 10.6. The molecule has 0 bridgehead atoms. The molecule has 0 spiro atoms. The number of benzene rings is 2. The molecular formula is C24H23F3N2O4. The third-order valence-electron chi connectivity index (χ3n) is 4.64. The number of halogens is 3. The first-order valence-electron chi connectivity index (χ1n) is 9.74. The Morgan fingerprint density at radius 1 is 1.09 bits per heavy atom. The van der Waals surface area contributed by atoms with Crippen LogP contribution in [-0.2, 0) is 22.3 Å². The number of nitrogens with zero attached hydrogens (tertiary/aromatic N) is 1. The Bertz CT molecular complexity index is 1110. The largest absolute Gasteiger partial charge is 0.471 e. The Morgan fingerprint density at radius 3 is 2.24 bits per heavy atom. The van der Waals surface area contributed by atoms with Crippen molar-refractivity contribution in [1.82, 2.24) is 4.98 Å². The van der Waals surface area contributed by atoms with E-state index in [9.17, 15) is 23.1 Å². The molecule has 3 aromatic rings. The number of alkyl halides is 3. The van der Waals surface area contributed by atoms with E-state index in [1.165, 1.54) is 13.2 Å². The third-order valence-corrected chi connectivity index (χ3v) is 4.64. The predicted molar refractivity (Wildman–Crippen MR) is 118 cm³/mol. The molecule has 0 fully saturated rings. The number of amides is 1. The van der Waals surface area contributed by atoms with Crippen molar-refractivity contribution in [3.8, 4) is 11.3 Å². The summed E-state index contributed by atoms with van der Waals surface area (Å²) in [5.74, 6) is -0.935. The summed E-state index contributed by atoms with van der Waals surface area (Å²) >= 11 is 0. The van der Waals surface area contributed by atoms with Crippen LogP contribution >= 0.6 is 0 Å². The van der Waals surface area contributed by atoms with E-state index in [4.69, 9.17) is 4.79 Å². The lowest BCUT2D eigenvalue weighted by Crippen LogP contribution is -2.21. The van der Waals surface area contributed by atoms with Crippen molar-refractivity contribution in [3.05, 3.63) is 82.5 Å². The van der Waals surface area contributed by atoms with Crippen LogP contribution < -0.4 is 5.32 Å². The van der Waals surface area contributed by atoms with Crippen LogP contribution in [0.3, 0.4) is 0 Å². The number of hydrogen-bond donors (Lipinski definition) is 2. The maximum absolute atomic E-state index is 13.5. The third kappa shape index (κ3) is 6.63. The highest BCUT2D eigenvalue weighted by Gasteiger charge is 2.36. The summed E-state index contributed by atoms with van der Waals surface area (Å²) in [5.41, 5.74) is 1.42. The minimum atomic E-state index is -4.73. The standard InChI is InChI=1S/C22H19F3N2O2.C2H4O2/c1-13-5-3-6-14(2)19(13)27-21(29)20-17(22(23,24)25)9-10-18(26-20)16-8-4-7-15(11-16)12-28;1-4-2-3/h3-11,28H,12H2,1-2H3,(H,27,29);2H,1H3. The molecule has 0 saturated heterocycles. The summed E-state index contributed by atoms with van der Waals surface area (Å²) < 4.78 is 44.4. The second kappa shape index (κ2) is 11.2. The number of anilines is 1. The Kier molecular flexibility index (Phi) is 8.70. The molecule has 0 unspecified atom stereocenters. The van der Waals surface area contributed by atoms with E-state index in [0.29, 0.717) is 23.3 Å². The number of carbonyl (C=O) groups is 2. The van der Waals surface area contributed by atoms with Crippen molar-refractivity contribution < 1.29 is 32.6 Å². The van der Waals surface area contributed by atoms with Crippen molar-refractivity contribution in [2.24, 2.45) is 0 Å². The molecule has 9 heteroatoms. The fourth-order valence-corrected chi connectivity index (χ4v) is 3.04. The smallest absolute Gasteiger partial charge is 0.418 e. The number of aryl methyl sites for hydroxylation is 2. The van der Waals surface area contributed by atoms with Gasteiger partial charge in [-0.3, -0.25) is 9.59 Å². The molecule has 1 heterocycles. The number of nitrogens with one attached hydrogen (secondary N) is 1. The van der Waals surface area contributed by atoms with Crippen LogP contribution in [0.2, 0.25) is 0 Å². The van der Waals surface area contributed by atoms with Crippen molar-refractivity contribution in [1.29, 1.82) is 0 Å². The molecule has 6 nitrogen and oxygen atoms in total. The summed E-state index contributed by atoms with van der Waals surface area (Å²) in [6, 6.07) is 14.0. The van der Waals surface area contributed by atoms with Crippen LogP contribution in [0.15, 0.2) is 54.6 Å². The molecule has 3 rings (SSSR count). The van der Waals surface area contributed by atoms with Crippen LogP contribution in [0.5, 0.6) is 0 Å². The van der Waals surface area contributed by atoms with E-state index in [2.05, 4.69) is 15.0 Å². The molecule has 0 radical (unpaired) electrons. The highest BCUT2D eigenvalue weighted by Crippen LogP contribution is 2.33. The molecule has 0 aliphatic heterocycles. The Labute approximate surface area is 189 Å². The van der Waals surface area contributed by atoms with E-state index < -0.39 is 23.3 Å². The minimum Gasteiger partial charge on any atom is -0.471 e. The van der Waals surface area contributed by atoms with Gasteiger partial charge in [-0.05, 0) is 48.7 Å². The summed E-state index contributed by atoms with van der Waals surface area (Å²) in [7, 11) is 1.31. The summed E-state index contributed by atoms with van der Waals surface area (Å²) in [4.78, 5) is 25.8. The van der Waals surface area contributed by atoms with Gasteiger partial charge in [-0.2, -0.15) is 13.2 Å². The highest BCUT2D eigenvalue weighted by molar-refractivity contribution is 6.05. The minimum absolute atomic E-state index is 0.208. The zero-order valence-corrected chi connectivity index (χ0v) is 18.2. The number of carbonyl (C=O) groups excluding carboxylic acids is 2. The van der Waals surface area contributed by atoms with Crippen molar-refractivity contribution in [2.45, 2.75) is 26.6 Å². The Hall–Kier alpha value is -3.72. The summed E-state index contributed by atoms with van der Waals surface area (Å²) in [6.45, 7) is 3.68. The number of pyridine rings is 1. The molecule has 1 aromatic heterocycles. The van der Waals surface area contributed by atoms with Crippen molar-refractivity contribution >= 4 is 18.1 Å². The zero-order chi connectivity index (χ0) is 24.6. The second-order valence-electron chi connectivity index (χ2n) is 7.00. The maximum Gasteiger partial charge on any atom is 0.418 e. The first-order valence-corrected chi connectivity index (χ1v) is 9.74. The number of ether oxygens (including phenoxy) is 1. The predicted octanol–water partition coefficient (Wildman–Crippen LogP) is 4.92. The highest BCUT2D eigenvalue weighted by atomic mass is 19.4. The lowest BCUT2D eigenvalue weighted by Gasteiger charge is -2.16. The van der Waals surface area contributed by atoms with Crippen LogP contribution in [-0.4, -0.2) is 29.6 Å². The molecule has 2 aromatic carbocycles. The van der Waals surface area contributed by atoms with Gasteiger partial charge in [0.05, 0.1) is 25.0 Å². The number of aliphatic hydroxyl groups is 1. The summed E-state index contributed by atoms with van der Waals surface area (Å²) in [6.07, 6.45) is -4.73. The Morgan fingerprint density at radius 2 is 1.70 bits per heavy atom. The van der Waals surface area contributed by atoms with Crippen LogP contribution in [0.25, 0.3) is 11.3 Å². The lowest BCUT2D eigenvalue weighted by molar-refractivity contribution is -0.138. The van der Waals surface area contributed by atoms with Gasteiger partial charge < -0.3 is 15.2 Å². The second-order valence-corrected chi connectivity index (χ2v) is 7.00. The van der Waals surface area contributed by atoms with Gasteiger partial charge in [0, 0.05) is 11.3 Å². The van der Waals surface area contributed by atoms with Gasteiger partial charge in [0.1, 0.15) is 5.69 Å². The molecule has 0 atom stereocenters. The van der Waals surface area contributed by atoms with E-state index in [-0.39, 0.29) is 12.3 Å². The van der Waals surface area contributed by atoms with Gasteiger partial charge in [0.25, 0.3) is 12.4 Å². The van der Waals surface area contributed by atoms with Gasteiger partial charge in [-0.25, -0.2) is 4.98 Å². The number of methoxy groups -OCH3 is 1. The average Bonchev–Trinajstić information content (AvgIpc) is 2.80. The monoisotopic (exact) mass is 460 g/mol. The molecule has 1 amide bonds. The zero-order valence-electron chi connectivity index (χ0n) is 18.2. The molecular weight excluding hydrogens is 437 g/mol. The molecule has 33 heavy (non-hydrogen) atoms. The lowest BCUT2D eigenvalue weighted by atomic mass is 10.0. The van der Waals surface area contributed by atoms with Gasteiger partial charge in [0.2, 0.25) is 0 Å². The molecule has 0 saturated carbocycles. The van der Waals surface area contributed by atoms with Gasteiger partial charge >= 0.3 is 6.18 Å². The van der Waals surface area contributed by atoms with E-state index in [1.807, 2.05) is 0 Å². The molecule has 174 valence electrons. The van der Waals surface area contributed by atoms with Crippen molar-refractivity contribution in [2.75, 3.05) is 12.4 Å². The van der Waals surface area contributed by atoms with Crippen molar-refractivity contribution in [3.63, 3.8) is 0 Å². The number of aromatic nitrogens is 1. The topological polar surface area (TPSA) is 88.5 Å². The van der Waals surface area contributed by atoms with Crippen LogP contribution in [0.4, 0.5) is 18.9 Å². The molecule has 2 N–H and O–H groups in total. The van der Waals surface area contributed by atoms with E-state index >= 15 is 0 Å². The van der Waals surface area contributed by atoms with Gasteiger partial charge in [-0.15, -0.1) is 0 Å². The average molecular weight is 460 g/mol. The van der Waals surface area contributed by atoms with E-state index in [1.54, 1.807) is 56.3 Å². The number of aliphatic hydroxyl groups excluding tert-OH is 1. The van der Waals surface area contributed by atoms with E-state index in [0.717, 1.165) is 17.2 Å². The summed E-state index contributed by atoms with van der Waals surface area (Å²) in [5, 5.41) is 11.9. The first kappa shape index (κ1) is 25.5. The first-order chi connectivity index (χ1) is 15.6. The van der Waals surface area contributed by atoms with Crippen LogP contribution in [0.1, 0.15) is 32.7 Å². The number of hydrogen-bond acceptors (Lipinski definition) is 5. The van der Waals surface area contributed by atoms with Gasteiger partial charge in [0.15, 0.2) is 0 Å². The SMILES string of the molecule is COC=O.Cc1cccc(C)c1NC(=O)c1nc(-c2cccc(CO)c2)ccc1C(F)(F)F. The number of rotatable bonds is 5. The fourth-order valence-electron chi connectivity index (χ4n) is 3.04. The number of para-hydroxylation sites is 1. The maximum atomic E-state index is 13.5. The van der Waals surface area contributed by atoms with Crippen LogP contribution in [0, 0.1) is 13.8 Å².